The highest BCUT2D eigenvalue weighted by Gasteiger charge is 2.03. The van der Waals surface area contributed by atoms with Gasteiger partial charge in [-0.15, -0.1) is 0 Å². The van der Waals surface area contributed by atoms with Crippen molar-refractivity contribution in [3.8, 4) is 5.69 Å². The van der Waals surface area contributed by atoms with Crippen molar-refractivity contribution in [3.05, 3.63) is 41.0 Å². The number of hydrogen-bond donors (Lipinski definition) is 1. The molecule has 1 aromatic heterocycles. The van der Waals surface area contributed by atoms with E-state index in [9.17, 15) is 0 Å². The zero-order valence-corrected chi connectivity index (χ0v) is 8.49. The van der Waals surface area contributed by atoms with Crippen LogP contribution in [0.3, 0.4) is 0 Å². The van der Waals surface area contributed by atoms with E-state index in [1.54, 1.807) is 4.68 Å². The lowest BCUT2D eigenvalue weighted by atomic mass is 10.3. The predicted octanol–water partition coefficient (Wildman–Crippen LogP) is 2.42. The lowest BCUT2D eigenvalue weighted by Crippen LogP contribution is -2.01. The Balaban J connectivity index is 2.54. The van der Waals surface area contributed by atoms with Crippen LogP contribution >= 0.6 is 11.6 Å². The van der Waals surface area contributed by atoms with Gasteiger partial charge in [-0.1, -0.05) is 17.7 Å². The third kappa shape index (κ3) is 1.59. The highest BCUT2D eigenvalue weighted by atomic mass is 35.5. The fourth-order valence-corrected chi connectivity index (χ4v) is 1.52. The Morgan fingerprint density at radius 1 is 1.36 bits per heavy atom. The first-order valence-electron chi connectivity index (χ1n) is 4.25. The number of nitrogen functional groups attached to an aromatic ring is 1. The molecule has 0 radical (unpaired) electrons. The monoisotopic (exact) mass is 207 g/mol. The third-order valence-electron chi connectivity index (χ3n) is 1.91. The molecular formula is C10H10ClN3. The first-order valence-corrected chi connectivity index (χ1v) is 4.63. The lowest BCUT2D eigenvalue weighted by molar-refractivity contribution is 0.872. The molecule has 0 aliphatic rings. The maximum Gasteiger partial charge on any atom is 0.127 e. The van der Waals surface area contributed by atoms with Gasteiger partial charge in [0.25, 0.3) is 0 Å². The van der Waals surface area contributed by atoms with E-state index < -0.39 is 0 Å². The van der Waals surface area contributed by atoms with Gasteiger partial charge in [0.15, 0.2) is 0 Å². The summed E-state index contributed by atoms with van der Waals surface area (Å²) in [6.45, 7) is 1.90. The van der Waals surface area contributed by atoms with E-state index in [0.29, 0.717) is 10.8 Å². The van der Waals surface area contributed by atoms with Crippen molar-refractivity contribution < 1.29 is 0 Å². The predicted molar refractivity (Wildman–Crippen MR) is 57.7 cm³/mol. The standard InChI is InChI=1S/C10H10ClN3/c1-7-5-10(12)14(13-7)9-4-2-3-8(11)6-9/h2-6H,12H2,1H3. The molecule has 0 unspecified atom stereocenters. The quantitative estimate of drug-likeness (QED) is 0.781. The molecule has 4 heteroatoms. The average molecular weight is 208 g/mol. The summed E-state index contributed by atoms with van der Waals surface area (Å²) in [5.74, 6) is 0.616. The van der Waals surface area contributed by atoms with Crippen molar-refractivity contribution >= 4 is 17.4 Å². The maximum atomic E-state index is 5.87. The SMILES string of the molecule is Cc1cc(N)n(-c2cccc(Cl)c2)n1. The van der Waals surface area contributed by atoms with E-state index in [1.165, 1.54) is 0 Å². The van der Waals surface area contributed by atoms with E-state index in [1.807, 2.05) is 37.3 Å². The van der Waals surface area contributed by atoms with Crippen LogP contribution in [0.15, 0.2) is 30.3 Å². The second-order valence-corrected chi connectivity index (χ2v) is 3.54. The maximum absolute atomic E-state index is 5.87. The summed E-state index contributed by atoms with van der Waals surface area (Å²) in [5.41, 5.74) is 7.55. The van der Waals surface area contributed by atoms with Gasteiger partial charge in [0.05, 0.1) is 11.4 Å². The summed E-state index contributed by atoms with van der Waals surface area (Å²) in [5, 5.41) is 4.93. The van der Waals surface area contributed by atoms with E-state index in [2.05, 4.69) is 5.10 Å². The Bertz CT molecular complexity index is 462. The Labute approximate surface area is 87.1 Å². The second-order valence-electron chi connectivity index (χ2n) is 3.10. The van der Waals surface area contributed by atoms with Crippen LogP contribution in [0, 0.1) is 6.92 Å². The number of aromatic nitrogens is 2. The molecule has 2 rings (SSSR count). The molecule has 0 spiro atoms. The van der Waals surface area contributed by atoms with Crippen molar-refractivity contribution in [2.45, 2.75) is 6.92 Å². The minimum Gasteiger partial charge on any atom is -0.384 e. The number of benzene rings is 1. The largest absolute Gasteiger partial charge is 0.384 e. The number of rotatable bonds is 1. The number of nitrogens with zero attached hydrogens (tertiary/aromatic N) is 2. The van der Waals surface area contributed by atoms with Gasteiger partial charge in [-0.2, -0.15) is 5.10 Å². The Morgan fingerprint density at radius 3 is 2.71 bits per heavy atom. The zero-order valence-electron chi connectivity index (χ0n) is 7.74. The molecule has 0 fully saturated rings. The molecule has 0 saturated heterocycles. The summed E-state index contributed by atoms with van der Waals surface area (Å²) in [4.78, 5) is 0. The molecule has 72 valence electrons. The van der Waals surface area contributed by atoms with Crippen LogP contribution in [-0.2, 0) is 0 Å². The zero-order chi connectivity index (χ0) is 10.1. The van der Waals surface area contributed by atoms with Crippen LogP contribution in [0.25, 0.3) is 5.69 Å². The van der Waals surface area contributed by atoms with Crippen LogP contribution < -0.4 is 5.73 Å². The fourth-order valence-electron chi connectivity index (χ4n) is 1.33. The number of aryl methyl sites for hydroxylation is 1. The number of hydrogen-bond acceptors (Lipinski definition) is 2. The molecule has 0 bridgehead atoms. The molecule has 0 aliphatic heterocycles. The first-order chi connectivity index (χ1) is 6.66. The topological polar surface area (TPSA) is 43.8 Å². The Kier molecular flexibility index (Phi) is 2.17. The highest BCUT2D eigenvalue weighted by Crippen LogP contribution is 2.17. The summed E-state index contributed by atoms with van der Waals surface area (Å²) in [6, 6.07) is 9.24. The van der Waals surface area contributed by atoms with Crippen molar-refractivity contribution in [2.24, 2.45) is 0 Å². The molecular weight excluding hydrogens is 198 g/mol. The molecule has 0 amide bonds. The first kappa shape index (κ1) is 9.09. The molecule has 0 atom stereocenters. The van der Waals surface area contributed by atoms with Gasteiger partial charge in [0.1, 0.15) is 5.82 Å². The van der Waals surface area contributed by atoms with Crippen LogP contribution in [0.2, 0.25) is 5.02 Å². The van der Waals surface area contributed by atoms with Gasteiger partial charge >= 0.3 is 0 Å². The molecule has 1 aromatic carbocycles. The fraction of sp³-hybridized carbons (Fsp3) is 0.100. The van der Waals surface area contributed by atoms with Crippen molar-refractivity contribution in [1.82, 2.24) is 9.78 Å². The Morgan fingerprint density at radius 2 is 2.14 bits per heavy atom. The molecule has 2 N–H and O–H groups in total. The van der Waals surface area contributed by atoms with E-state index >= 15 is 0 Å². The molecule has 3 nitrogen and oxygen atoms in total. The van der Waals surface area contributed by atoms with E-state index in [-0.39, 0.29) is 0 Å². The van der Waals surface area contributed by atoms with Crippen LogP contribution in [0.1, 0.15) is 5.69 Å². The van der Waals surface area contributed by atoms with E-state index in [4.69, 9.17) is 17.3 Å². The summed E-state index contributed by atoms with van der Waals surface area (Å²) < 4.78 is 1.67. The van der Waals surface area contributed by atoms with Crippen LogP contribution in [0.5, 0.6) is 0 Å². The van der Waals surface area contributed by atoms with Crippen LogP contribution in [-0.4, -0.2) is 9.78 Å². The van der Waals surface area contributed by atoms with Crippen molar-refractivity contribution in [3.63, 3.8) is 0 Å². The summed E-state index contributed by atoms with van der Waals surface area (Å²) >= 11 is 5.87. The molecule has 1 heterocycles. The van der Waals surface area contributed by atoms with Gasteiger partial charge in [-0.05, 0) is 25.1 Å². The summed E-state index contributed by atoms with van der Waals surface area (Å²) in [6.07, 6.45) is 0. The molecule has 0 saturated carbocycles. The third-order valence-corrected chi connectivity index (χ3v) is 2.15. The average Bonchev–Trinajstić information content (AvgIpc) is 2.45. The lowest BCUT2D eigenvalue weighted by Gasteiger charge is -2.03. The second kappa shape index (κ2) is 3.35. The van der Waals surface area contributed by atoms with Gasteiger partial charge in [-0.3, -0.25) is 0 Å². The van der Waals surface area contributed by atoms with Gasteiger partial charge in [-0.25, -0.2) is 4.68 Å². The molecule has 2 aromatic rings. The highest BCUT2D eigenvalue weighted by molar-refractivity contribution is 6.30. The van der Waals surface area contributed by atoms with Crippen molar-refractivity contribution in [1.29, 1.82) is 0 Å². The van der Waals surface area contributed by atoms with Gasteiger partial charge in [0, 0.05) is 11.1 Å². The normalized spacial score (nSPS) is 10.4. The van der Waals surface area contributed by atoms with Gasteiger partial charge < -0.3 is 5.73 Å². The van der Waals surface area contributed by atoms with Gasteiger partial charge in [0.2, 0.25) is 0 Å². The smallest absolute Gasteiger partial charge is 0.127 e. The Hall–Kier alpha value is -1.48. The number of nitrogens with two attached hydrogens (primary N) is 1. The minimum absolute atomic E-state index is 0.616. The number of anilines is 1. The molecule has 0 aliphatic carbocycles. The van der Waals surface area contributed by atoms with E-state index in [0.717, 1.165) is 11.4 Å². The molecule has 14 heavy (non-hydrogen) atoms. The van der Waals surface area contributed by atoms with Crippen molar-refractivity contribution in [2.75, 3.05) is 5.73 Å². The number of halogens is 1. The summed E-state index contributed by atoms with van der Waals surface area (Å²) in [7, 11) is 0. The van der Waals surface area contributed by atoms with Crippen LogP contribution in [0.4, 0.5) is 5.82 Å². The minimum atomic E-state index is 0.616.